The second-order valence-electron chi connectivity index (χ2n) is 6.06. The van der Waals surface area contributed by atoms with Gasteiger partial charge in [0.25, 0.3) is 0 Å². The van der Waals surface area contributed by atoms with Gasteiger partial charge in [0.2, 0.25) is 10.0 Å². The van der Waals surface area contributed by atoms with Crippen LogP contribution in [0.25, 0.3) is 0 Å². The lowest BCUT2D eigenvalue weighted by Gasteiger charge is -2.20. The van der Waals surface area contributed by atoms with Crippen LogP contribution in [0.5, 0.6) is 0 Å². The van der Waals surface area contributed by atoms with Crippen molar-refractivity contribution in [3.8, 4) is 0 Å². The molecule has 0 amide bonds. The maximum atomic E-state index is 13.8. The Balaban J connectivity index is 2.30. The van der Waals surface area contributed by atoms with E-state index >= 15 is 0 Å². The molecule has 1 aromatic rings. The standard InChI is InChI=1S/C15H23FN2O2S/c1-9-4-5-14(11(9)3)18-21(19,20)13-6-10(2)15(16)12(7-13)8-17/h6-7,9,11,14,18H,4-5,8,17H2,1-3H3. The van der Waals surface area contributed by atoms with Gasteiger partial charge in [0, 0.05) is 18.2 Å². The molecule has 0 saturated heterocycles. The fraction of sp³-hybridized carbons (Fsp3) is 0.600. The molecule has 6 heteroatoms. The van der Waals surface area contributed by atoms with Gasteiger partial charge >= 0.3 is 0 Å². The van der Waals surface area contributed by atoms with Gasteiger partial charge in [0.1, 0.15) is 5.82 Å². The Kier molecular flexibility index (Phi) is 4.70. The van der Waals surface area contributed by atoms with Crippen molar-refractivity contribution >= 4 is 10.0 Å². The number of aryl methyl sites for hydroxylation is 1. The molecule has 3 atom stereocenters. The lowest BCUT2D eigenvalue weighted by atomic mass is 9.98. The zero-order chi connectivity index (χ0) is 15.8. The molecule has 0 radical (unpaired) electrons. The predicted molar refractivity (Wildman–Crippen MR) is 80.7 cm³/mol. The van der Waals surface area contributed by atoms with Crippen LogP contribution in [0.2, 0.25) is 0 Å². The SMILES string of the molecule is Cc1cc(S(=O)(=O)NC2CCC(C)C2C)cc(CN)c1F. The summed E-state index contributed by atoms with van der Waals surface area (Å²) in [5.74, 6) is 0.377. The Morgan fingerprint density at radius 1 is 1.33 bits per heavy atom. The van der Waals surface area contributed by atoms with Crippen molar-refractivity contribution in [2.24, 2.45) is 17.6 Å². The Labute approximate surface area is 126 Å². The molecule has 0 bridgehead atoms. The number of hydrogen-bond donors (Lipinski definition) is 2. The number of nitrogens with one attached hydrogen (secondary N) is 1. The average Bonchev–Trinajstić information content (AvgIpc) is 2.73. The number of benzene rings is 1. The third-order valence-electron chi connectivity index (χ3n) is 4.61. The highest BCUT2D eigenvalue weighted by molar-refractivity contribution is 7.89. The van der Waals surface area contributed by atoms with Gasteiger partial charge in [-0.15, -0.1) is 0 Å². The molecule has 0 aromatic heterocycles. The van der Waals surface area contributed by atoms with Gasteiger partial charge in [0.15, 0.2) is 0 Å². The third-order valence-corrected chi connectivity index (χ3v) is 6.07. The Hall–Kier alpha value is -0.980. The fourth-order valence-electron chi connectivity index (χ4n) is 2.91. The summed E-state index contributed by atoms with van der Waals surface area (Å²) in [7, 11) is -3.64. The summed E-state index contributed by atoms with van der Waals surface area (Å²) in [6.45, 7) is 5.72. The van der Waals surface area contributed by atoms with E-state index in [2.05, 4.69) is 18.6 Å². The summed E-state index contributed by atoms with van der Waals surface area (Å²) in [5, 5.41) is 0. The Bertz CT molecular complexity index is 631. The van der Waals surface area contributed by atoms with Crippen LogP contribution in [0.15, 0.2) is 17.0 Å². The van der Waals surface area contributed by atoms with Crippen molar-refractivity contribution in [1.82, 2.24) is 4.72 Å². The molecule has 2 rings (SSSR count). The maximum absolute atomic E-state index is 13.8. The normalized spacial score (nSPS) is 26.2. The Morgan fingerprint density at radius 3 is 2.52 bits per heavy atom. The van der Waals surface area contributed by atoms with E-state index < -0.39 is 15.8 Å². The molecule has 1 aliphatic carbocycles. The first kappa shape index (κ1) is 16.4. The van der Waals surface area contributed by atoms with Crippen molar-refractivity contribution in [2.45, 2.75) is 51.1 Å². The van der Waals surface area contributed by atoms with Crippen LogP contribution >= 0.6 is 0 Å². The largest absolute Gasteiger partial charge is 0.326 e. The lowest BCUT2D eigenvalue weighted by Crippen LogP contribution is -2.37. The summed E-state index contributed by atoms with van der Waals surface area (Å²) >= 11 is 0. The minimum Gasteiger partial charge on any atom is -0.326 e. The number of sulfonamides is 1. The van der Waals surface area contributed by atoms with Crippen molar-refractivity contribution < 1.29 is 12.8 Å². The first-order valence-electron chi connectivity index (χ1n) is 7.27. The fourth-order valence-corrected chi connectivity index (χ4v) is 4.41. The number of nitrogens with two attached hydrogens (primary N) is 1. The van der Waals surface area contributed by atoms with Crippen molar-refractivity contribution in [3.05, 3.63) is 29.1 Å². The highest BCUT2D eigenvalue weighted by atomic mass is 32.2. The summed E-state index contributed by atoms with van der Waals surface area (Å²) in [5.41, 5.74) is 6.00. The predicted octanol–water partition coefficient (Wildman–Crippen LogP) is 2.31. The van der Waals surface area contributed by atoms with E-state index in [9.17, 15) is 12.8 Å². The second kappa shape index (κ2) is 6.02. The van der Waals surface area contributed by atoms with Crippen molar-refractivity contribution in [1.29, 1.82) is 0 Å². The van der Waals surface area contributed by atoms with E-state index in [4.69, 9.17) is 5.73 Å². The van der Waals surface area contributed by atoms with E-state index in [1.807, 2.05) is 0 Å². The number of halogens is 1. The summed E-state index contributed by atoms with van der Waals surface area (Å²) in [4.78, 5) is 0.0913. The quantitative estimate of drug-likeness (QED) is 0.896. The van der Waals surface area contributed by atoms with Gasteiger partial charge in [-0.2, -0.15) is 0 Å². The molecule has 0 spiro atoms. The van der Waals surface area contributed by atoms with E-state index in [0.29, 0.717) is 17.4 Å². The van der Waals surface area contributed by atoms with Crippen LogP contribution in [0.3, 0.4) is 0 Å². The third kappa shape index (κ3) is 3.27. The zero-order valence-corrected chi connectivity index (χ0v) is 13.5. The van der Waals surface area contributed by atoms with Gasteiger partial charge in [-0.1, -0.05) is 13.8 Å². The number of rotatable bonds is 4. The van der Waals surface area contributed by atoms with E-state index in [-0.39, 0.29) is 23.0 Å². The van der Waals surface area contributed by atoms with E-state index in [0.717, 1.165) is 12.8 Å². The smallest absolute Gasteiger partial charge is 0.240 e. The molecule has 1 aromatic carbocycles. The lowest BCUT2D eigenvalue weighted by molar-refractivity contribution is 0.402. The molecular weight excluding hydrogens is 291 g/mol. The average molecular weight is 314 g/mol. The molecule has 1 saturated carbocycles. The summed E-state index contributed by atoms with van der Waals surface area (Å²) in [6, 6.07) is 2.63. The molecular formula is C15H23FN2O2S. The van der Waals surface area contributed by atoms with Gasteiger partial charge in [0.05, 0.1) is 4.90 Å². The Morgan fingerprint density at radius 2 is 2.00 bits per heavy atom. The highest BCUT2D eigenvalue weighted by Gasteiger charge is 2.33. The highest BCUT2D eigenvalue weighted by Crippen LogP contribution is 2.32. The summed E-state index contributed by atoms with van der Waals surface area (Å²) in [6.07, 6.45) is 1.86. The molecule has 3 unspecified atom stereocenters. The van der Waals surface area contributed by atoms with Crippen molar-refractivity contribution in [3.63, 3.8) is 0 Å². The van der Waals surface area contributed by atoms with Crippen LogP contribution in [0.1, 0.15) is 37.8 Å². The topological polar surface area (TPSA) is 72.2 Å². The molecule has 21 heavy (non-hydrogen) atoms. The van der Waals surface area contributed by atoms with Gasteiger partial charge < -0.3 is 5.73 Å². The van der Waals surface area contributed by atoms with Crippen molar-refractivity contribution in [2.75, 3.05) is 0 Å². The molecule has 3 N–H and O–H groups in total. The second-order valence-corrected chi connectivity index (χ2v) is 7.77. The van der Waals surface area contributed by atoms with Crippen LogP contribution in [-0.4, -0.2) is 14.5 Å². The molecule has 4 nitrogen and oxygen atoms in total. The first-order chi connectivity index (χ1) is 9.76. The minimum absolute atomic E-state index is 0.0209. The number of hydrogen-bond acceptors (Lipinski definition) is 3. The minimum atomic E-state index is -3.64. The zero-order valence-electron chi connectivity index (χ0n) is 12.7. The van der Waals surface area contributed by atoms with Gasteiger partial charge in [-0.05, 0) is 49.3 Å². The molecule has 1 fully saturated rings. The van der Waals surface area contributed by atoms with Gasteiger partial charge in [-0.3, -0.25) is 0 Å². The van der Waals surface area contributed by atoms with Crippen LogP contribution < -0.4 is 10.5 Å². The first-order valence-corrected chi connectivity index (χ1v) is 8.76. The van der Waals surface area contributed by atoms with Crippen LogP contribution in [0, 0.1) is 24.6 Å². The van der Waals surface area contributed by atoms with Gasteiger partial charge in [-0.25, -0.2) is 17.5 Å². The van der Waals surface area contributed by atoms with E-state index in [1.165, 1.54) is 12.1 Å². The molecule has 118 valence electrons. The molecule has 1 aliphatic rings. The van der Waals surface area contributed by atoms with E-state index in [1.54, 1.807) is 6.92 Å². The molecule has 0 heterocycles. The van der Waals surface area contributed by atoms with Crippen LogP contribution in [-0.2, 0) is 16.6 Å². The maximum Gasteiger partial charge on any atom is 0.240 e. The molecule has 0 aliphatic heterocycles. The van der Waals surface area contributed by atoms with Crippen LogP contribution in [0.4, 0.5) is 4.39 Å². The summed E-state index contributed by atoms with van der Waals surface area (Å²) < 4.78 is 41.5. The monoisotopic (exact) mass is 314 g/mol.